The molecule has 1 amide bonds. The molecule has 7 heteroatoms. The van der Waals surface area contributed by atoms with Crippen LogP contribution in [-0.2, 0) is 20.7 Å². The van der Waals surface area contributed by atoms with Crippen LogP contribution in [0, 0.1) is 0 Å². The molecular weight excluding hydrogens is 360 g/mol. The zero-order chi connectivity index (χ0) is 19.8. The van der Waals surface area contributed by atoms with Gasteiger partial charge in [0.15, 0.2) is 13.2 Å². The third-order valence-corrected chi connectivity index (χ3v) is 4.17. The number of hydrogen-bond acceptors (Lipinski definition) is 5. The van der Waals surface area contributed by atoms with Gasteiger partial charge in [-0.25, -0.2) is 4.79 Å². The second-order valence-electron chi connectivity index (χ2n) is 6.08. The normalized spacial score (nSPS) is 10.5. The largest absolute Gasteiger partial charge is 0.497 e. The number of esters is 1. The minimum absolute atomic E-state index is 0.269. The number of carbonyl (C=O) groups is 2. The molecular formula is C21H22N2O5. The van der Waals surface area contributed by atoms with Crippen LogP contribution in [0.25, 0.3) is 10.9 Å². The van der Waals surface area contributed by atoms with Gasteiger partial charge in [0.05, 0.1) is 7.11 Å². The second kappa shape index (κ2) is 9.45. The summed E-state index contributed by atoms with van der Waals surface area (Å²) in [6, 6.07) is 14.8. The first-order valence-electron chi connectivity index (χ1n) is 8.90. The van der Waals surface area contributed by atoms with Crippen molar-refractivity contribution in [1.29, 1.82) is 0 Å². The van der Waals surface area contributed by atoms with Gasteiger partial charge in [-0.05, 0) is 42.3 Å². The minimum Gasteiger partial charge on any atom is -0.497 e. The van der Waals surface area contributed by atoms with Gasteiger partial charge in [0.1, 0.15) is 11.5 Å². The van der Waals surface area contributed by atoms with Crippen molar-refractivity contribution in [2.24, 2.45) is 0 Å². The standard InChI is InChI=1S/C21H22N2O5/c1-26-16-6-8-17(9-7-16)27-14-21(25)28-13-20(24)22-11-10-15-12-23-19-5-3-2-4-18(15)19/h2-9,12,23H,10-11,13-14H2,1H3,(H,22,24). The van der Waals surface area contributed by atoms with Crippen LogP contribution in [0.15, 0.2) is 54.7 Å². The summed E-state index contributed by atoms with van der Waals surface area (Å²) in [5.41, 5.74) is 2.19. The summed E-state index contributed by atoms with van der Waals surface area (Å²) >= 11 is 0. The lowest BCUT2D eigenvalue weighted by molar-refractivity contribution is -0.150. The Morgan fingerprint density at radius 2 is 1.75 bits per heavy atom. The Balaban J connectivity index is 1.33. The summed E-state index contributed by atoms with van der Waals surface area (Å²) in [6.45, 7) is -0.145. The van der Waals surface area contributed by atoms with Crippen LogP contribution in [0.5, 0.6) is 11.5 Å². The molecule has 0 saturated carbocycles. The van der Waals surface area contributed by atoms with Gasteiger partial charge in [-0.2, -0.15) is 0 Å². The van der Waals surface area contributed by atoms with Gasteiger partial charge < -0.3 is 24.5 Å². The Kier molecular flexibility index (Phi) is 6.51. The number of nitrogens with one attached hydrogen (secondary N) is 2. The lowest BCUT2D eigenvalue weighted by atomic mass is 10.1. The summed E-state index contributed by atoms with van der Waals surface area (Å²) in [4.78, 5) is 26.7. The van der Waals surface area contributed by atoms with Crippen molar-refractivity contribution in [2.45, 2.75) is 6.42 Å². The fraction of sp³-hybridized carbons (Fsp3) is 0.238. The molecule has 7 nitrogen and oxygen atoms in total. The molecule has 1 heterocycles. The summed E-state index contributed by atoms with van der Waals surface area (Å²) in [5.74, 6) is 0.250. The first-order chi connectivity index (χ1) is 13.7. The zero-order valence-electron chi connectivity index (χ0n) is 15.6. The number of H-pyrrole nitrogens is 1. The summed E-state index contributed by atoms with van der Waals surface area (Å²) < 4.78 is 15.3. The Morgan fingerprint density at radius 3 is 2.54 bits per heavy atom. The first kappa shape index (κ1) is 19.3. The summed E-state index contributed by atoms with van der Waals surface area (Å²) in [5, 5.41) is 3.88. The van der Waals surface area contributed by atoms with Gasteiger partial charge in [-0.3, -0.25) is 4.79 Å². The lowest BCUT2D eigenvalue weighted by Crippen LogP contribution is -2.31. The van der Waals surface area contributed by atoms with E-state index in [2.05, 4.69) is 10.3 Å². The first-order valence-corrected chi connectivity index (χ1v) is 8.90. The van der Waals surface area contributed by atoms with Crippen LogP contribution < -0.4 is 14.8 Å². The molecule has 0 atom stereocenters. The number of aromatic nitrogens is 1. The van der Waals surface area contributed by atoms with E-state index in [0.29, 0.717) is 24.5 Å². The van der Waals surface area contributed by atoms with Crippen molar-refractivity contribution in [3.63, 3.8) is 0 Å². The molecule has 0 aliphatic heterocycles. The fourth-order valence-electron chi connectivity index (χ4n) is 2.73. The van der Waals surface area contributed by atoms with Crippen molar-refractivity contribution >= 4 is 22.8 Å². The maximum absolute atomic E-state index is 11.8. The number of ether oxygens (including phenoxy) is 3. The highest BCUT2D eigenvalue weighted by atomic mass is 16.6. The van der Waals surface area contributed by atoms with Crippen molar-refractivity contribution in [1.82, 2.24) is 10.3 Å². The molecule has 0 radical (unpaired) electrons. The summed E-state index contributed by atoms with van der Waals surface area (Å²) in [6.07, 6.45) is 2.62. The van der Waals surface area contributed by atoms with Crippen LogP contribution in [-0.4, -0.2) is 43.7 Å². The number of amides is 1. The number of rotatable bonds is 9. The maximum atomic E-state index is 11.8. The van der Waals surface area contributed by atoms with Crippen LogP contribution in [0.1, 0.15) is 5.56 Å². The van der Waals surface area contributed by atoms with E-state index >= 15 is 0 Å². The molecule has 3 aromatic rings. The molecule has 28 heavy (non-hydrogen) atoms. The maximum Gasteiger partial charge on any atom is 0.344 e. The van der Waals surface area contributed by atoms with Crippen molar-refractivity contribution < 1.29 is 23.8 Å². The van der Waals surface area contributed by atoms with Gasteiger partial charge in [0.25, 0.3) is 5.91 Å². The number of hydrogen-bond donors (Lipinski definition) is 2. The highest BCUT2D eigenvalue weighted by molar-refractivity contribution is 5.83. The van der Waals surface area contributed by atoms with E-state index in [4.69, 9.17) is 14.2 Å². The van der Waals surface area contributed by atoms with Gasteiger partial charge in [-0.1, -0.05) is 18.2 Å². The number of benzene rings is 2. The number of para-hydroxylation sites is 1. The highest BCUT2D eigenvalue weighted by Gasteiger charge is 2.09. The lowest BCUT2D eigenvalue weighted by Gasteiger charge is -2.08. The van der Waals surface area contributed by atoms with Crippen LogP contribution in [0.3, 0.4) is 0 Å². The molecule has 0 bridgehead atoms. The molecule has 0 spiro atoms. The molecule has 0 aliphatic carbocycles. The van der Waals surface area contributed by atoms with E-state index < -0.39 is 5.97 Å². The molecule has 2 aromatic carbocycles. The van der Waals surface area contributed by atoms with Crippen LogP contribution in [0.2, 0.25) is 0 Å². The monoisotopic (exact) mass is 382 g/mol. The van der Waals surface area contributed by atoms with E-state index in [1.807, 2.05) is 30.5 Å². The Labute approximate surface area is 162 Å². The Hall–Kier alpha value is -3.48. The molecule has 0 saturated heterocycles. The number of carbonyl (C=O) groups excluding carboxylic acids is 2. The van der Waals surface area contributed by atoms with E-state index in [9.17, 15) is 9.59 Å². The minimum atomic E-state index is -0.609. The number of fused-ring (bicyclic) bond motifs is 1. The van der Waals surface area contributed by atoms with Crippen LogP contribution in [0.4, 0.5) is 0 Å². The third-order valence-electron chi connectivity index (χ3n) is 4.17. The molecule has 0 aliphatic rings. The van der Waals surface area contributed by atoms with E-state index in [0.717, 1.165) is 16.5 Å². The SMILES string of the molecule is COc1ccc(OCC(=O)OCC(=O)NCCc2c[nH]c3ccccc23)cc1. The second-order valence-corrected chi connectivity index (χ2v) is 6.08. The van der Waals surface area contributed by atoms with Gasteiger partial charge in [0, 0.05) is 23.6 Å². The predicted octanol–water partition coefficient (Wildman–Crippen LogP) is 2.46. The molecule has 3 rings (SSSR count). The molecule has 0 fully saturated rings. The van der Waals surface area contributed by atoms with Crippen molar-refractivity contribution in [3.05, 3.63) is 60.3 Å². The Morgan fingerprint density at radius 1 is 1.00 bits per heavy atom. The average Bonchev–Trinajstić information content (AvgIpc) is 3.14. The van der Waals surface area contributed by atoms with Gasteiger partial charge >= 0.3 is 5.97 Å². The van der Waals surface area contributed by atoms with E-state index in [1.54, 1.807) is 31.4 Å². The fourth-order valence-corrected chi connectivity index (χ4v) is 2.73. The van der Waals surface area contributed by atoms with E-state index in [-0.39, 0.29) is 19.1 Å². The van der Waals surface area contributed by atoms with Gasteiger partial charge in [0.2, 0.25) is 0 Å². The molecule has 2 N–H and O–H groups in total. The highest BCUT2D eigenvalue weighted by Crippen LogP contribution is 2.18. The topological polar surface area (TPSA) is 89.7 Å². The molecule has 1 aromatic heterocycles. The van der Waals surface area contributed by atoms with Crippen molar-refractivity contribution in [2.75, 3.05) is 26.9 Å². The van der Waals surface area contributed by atoms with Crippen molar-refractivity contribution in [3.8, 4) is 11.5 Å². The van der Waals surface area contributed by atoms with Crippen LogP contribution >= 0.6 is 0 Å². The molecule has 0 unspecified atom stereocenters. The number of methoxy groups -OCH3 is 1. The molecule has 146 valence electrons. The average molecular weight is 382 g/mol. The zero-order valence-corrected chi connectivity index (χ0v) is 15.6. The van der Waals surface area contributed by atoms with E-state index in [1.165, 1.54) is 0 Å². The third kappa shape index (κ3) is 5.26. The Bertz CT molecular complexity index is 933. The number of aromatic amines is 1. The van der Waals surface area contributed by atoms with Gasteiger partial charge in [-0.15, -0.1) is 0 Å². The smallest absolute Gasteiger partial charge is 0.344 e. The summed E-state index contributed by atoms with van der Waals surface area (Å²) in [7, 11) is 1.57. The quantitative estimate of drug-likeness (QED) is 0.555. The predicted molar refractivity (Wildman–Crippen MR) is 104 cm³/mol.